The number of benzene rings is 1. The van der Waals surface area contributed by atoms with E-state index in [0.717, 1.165) is 5.56 Å². The highest BCUT2D eigenvalue weighted by Gasteiger charge is 2.23. The zero-order valence-corrected chi connectivity index (χ0v) is 10.6. The minimum absolute atomic E-state index is 0.128. The Kier molecular flexibility index (Phi) is 3.80. The summed E-state index contributed by atoms with van der Waals surface area (Å²) in [5.41, 5.74) is 1.50. The first-order valence-corrected chi connectivity index (χ1v) is 6.30. The van der Waals surface area contributed by atoms with E-state index in [-0.39, 0.29) is 5.91 Å². The van der Waals surface area contributed by atoms with Crippen molar-refractivity contribution in [2.24, 2.45) is 4.99 Å². The van der Waals surface area contributed by atoms with Crippen molar-refractivity contribution in [2.75, 3.05) is 6.54 Å². The molecular formula is C13H11N3OS. The molecule has 0 bridgehead atoms. The van der Waals surface area contributed by atoms with Crippen LogP contribution >= 0.6 is 11.8 Å². The second-order valence-electron chi connectivity index (χ2n) is 3.58. The number of nitrogens with one attached hydrogen (secondary N) is 1. The van der Waals surface area contributed by atoms with Crippen LogP contribution in [-0.4, -0.2) is 17.6 Å². The number of carbonyl (C=O) groups is 1. The van der Waals surface area contributed by atoms with E-state index in [4.69, 9.17) is 5.26 Å². The molecule has 1 amide bonds. The molecule has 1 fully saturated rings. The Morgan fingerprint density at radius 2 is 2.17 bits per heavy atom. The zero-order chi connectivity index (χ0) is 13.0. The predicted molar refractivity (Wildman–Crippen MR) is 72.8 cm³/mol. The van der Waals surface area contributed by atoms with Gasteiger partial charge in [0.15, 0.2) is 5.17 Å². The van der Waals surface area contributed by atoms with Gasteiger partial charge in [0.05, 0.1) is 16.5 Å². The number of amidine groups is 1. The van der Waals surface area contributed by atoms with E-state index < -0.39 is 0 Å². The third kappa shape index (κ3) is 2.79. The highest BCUT2D eigenvalue weighted by molar-refractivity contribution is 8.18. The minimum Gasteiger partial charge on any atom is -0.301 e. The van der Waals surface area contributed by atoms with E-state index >= 15 is 0 Å². The van der Waals surface area contributed by atoms with E-state index in [1.807, 2.05) is 19.1 Å². The van der Waals surface area contributed by atoms with Gasteiger partial charge in [0.2, 0.25) is 0 Å². The molecule has 1 aliphatic heterocycles. The number of thioether (sulfide) groups is 1. The Morgan fingerprint density at radius 3 is 2.78 bits per heavy atom. The smallest absolute Gasteiger partial charge is 0.264 e. The Morgan fingerprint density at radius 1 is 1.44 bits per heavy atom. The average Bonchev–Trinajstić information content (AvgIpc) is 2.71. The fourth-order valence-corrected chi connectivity index (χ4v) is 2.33. The van der Waals surface area contributed by atoms with E-state index in [9.17, 15) is 4.79 Å². The van der Waals surface area contributed by atoms with Crippen LogP contribution in [0.2, 0.25) is 0 Å². The van der Waals surface area contributed by atoms with Crippen LogP contribution in [0.25, 0.3) is 6.08 Å². The van der Waals surface area contributed by atoms with Gasteiger partial charge in [0.25, 0.3) is 5.91 Å². The monoisotopic (exact) mass is 257 g/mol. The van der Waals surface area contributed by atoms with Crippen molar-refractivity contribution in [2.45, 2.75) is 6.92 Å². The van der Waals surface area contributed by atoms with Crippen molar-refractivity contribution in [3.8, 4) is 6.07 Å². The van der Waals surface area contributed by atoms with Crippen LogP contribution < -0.4 is 5.32 Å². The van der Waals surface area contributed by atoms with Crippen LogP contribution in [0.3, 0.4) is 0 Å². The fourth-order valence-electron chi connectivity index (χ4n) is 1.45. The maximum atomic E-state index is 11.7. The van der Waals surface area contributed by atoms with E-state index in [0.29, 0.717) is 22.2 Å². The summed E-state index contributed by atoms with van der Waals surface area (Å²) in [7, 11) is 0. The molecule has 0 saturated carbocycles. The maximum Gasteiger partial charge on any atom is 0.264 e. The highest BCUT2D eigenvalue weighted by Crippen LogP contribution is 2.25. The standard InChI is InChI=1S/C13H11N3OS/c1-2-15-13-16-12(17)11(18-13)7-9-3-5-10(8-14)6-4-9/h3-7H,2H2,1H3,(H,15,16,17)/b11-7-. The van der Waals surface area contributed by atoms with Crippen molar-refractivity contribution in [1.29, 1.82) is 5.26 Å². The molecule has 1 aromatic rings. The van der Waals surface area contributed by atoms with Crippen LogP contribution in [0.15, 0.2) is 34.2 Å². The quantitative estimate of drug-likeness (QED) is 0.825. The first kappa shape index (κ1) is 12.4. The summed E-state index contributed by atoms with van der Waals surface area (Å²) in [6, 6.07) is 9.14. The molecular weight excluding hydrogens is 246 g/mol. The summed E-state index contributed by atoms with van der Waals surface area (Å²) in [5, 5.41) is 12.0. The number of nitrogens with zero attached hydrogens (tertiary/aromatic N) is 2. The Labute approximate surface area is 109 Å². The molecule has 1 aromatic carbocycles. The molecule has 0 atom stereocenters. The minimum atomic E-state index is -0.128. The zero-order valence-electron chi connectivity index (χ0n) is 9.80. The number of aliphatic imine (C=N–C) groups is 1. The second kappa shape index (κ2) is 5.52. The van der Waals surface area contributed by atoms with Crippen molar-refractivity contribution in [3.05, 3.63) is 40.3 Å². The number of rotatable bonds is 2. The molecule has 1 heterocycles. The van der Waals surface area contributed by atoms with Gasteiger partial charge in [0, 0.05) is 6.54 Å². The normalized spacial score (nSPS) is 19.0. The highest BCUT2D eigenvalue weighted by atomic mass is 32.2. The van der Waals surface area contributed by atoms with Gasteiger partial charge < -0.3 is 5.32 Å². The Bertz CT molecular complexity index is 567. The number of nitriles is 1. The molecule has 1 saturated heterocycles. The molecule has 1 aliphatic rings. The third-order valence-electron chi connectivity index (χ3n) is 2.29. The van der Waals surface area contributed by atoms with E-state index in [1.54, 1.807) is 18.2 Å². The molecule has 1 N–H and O–H groups in total. The first-order valence-electron chi connectivity index (χ1n) is 5.48. The molecule has 5 heteroatoms. The van der Waals surface area contributed by atoms with Gasteiger partial charge in [-0.1, -0.05) is 12.1 Å². The lowest BCUT2D eigenvalue weighted by atomic mass is 10.1. The summed E-state index contributed by atoms with van der Waals surface area (Å²) >= 11 is 1.33. The van der Waals surface area contributed by atoms with Crippen molar-refractivity contribution < 1.29 is 4.79 Å². The number of amides is 1. The topological polar surface area (TPSA) is 65.2 Å². The molecule has 0 spiro atoms. The Hall–Kier alpha value is -2.06. The van der Waals surface area contributed by atoms with Gasteiger partial charge in [-0.05, 0) is 42.5 Å². The summed E-state index contributed by atoms with van der Waals surface area (Å²) in [4.78, 5) is 16.4. The lowest BCUT2D eigenvalue weighted by Crippen LogP contribution is -2.19. The summed E-state index contributed by atoms with van der Waals surface area (Å²) in [6.45, 7) is 2.56. The van der Waals surface area contributed by atoms with Crippen LogP contribution in [0, 0.1) is 11.3 Å². The molecule has 2 rings (SSSR count). The van der Waals surface area contributed by atoms with Gasteiger partial charge in [0.1, 0.15) is 0 Å². The average molecular weight is 257 g/mol. The maximum absolute atomic E-state index is 11.7. The largest absolute Gasteiger partial charge is 0.301 e. The number of carbonyl (C=O) groups excluding carboxylic acids is 1. The van der Waals surface area contributed by atoms with Gasteiger partial charge >= 0.3 is 0 Å². The predicted octanol–water partition coefficient (Wildman–Crippen LogP) is 2.14. The van der Waals surface area contributed by atoms with E-state index in [2.05, 4.69) is 16.4 Å². The summed E-state index contributed by atoms with van der Waals surface area (Å²) in [6.07, 6.45) is 1.79. The molecule has 0 radical (unpaired) electrons. The summed E-state index contributed by atoms with van der Waals surface area (Å²) in [5.74, 6) is -0.128. The van der Waals surface area contributed by atoms with Crippen molar-refractivity contribution in [1.82, 2.24) is 5.32 Å². The van der Waals surface area contributed by atoms with Gasteiger partial charge in [-0.15, -0.1) is 0 Å². The number of hydrogen-bond donors (Lipinski definition) is 1. The van der Waals surface area contributed by atoms with E-state index in [1.165, 1.54) is 11.8 Å². The van der Waals surface area contributed by atoms with Crippen molar-refractivity contribution in [3.63, 3.8) is 0 Å². The fraction of sp³-hybridized carbons (Fsp3) is 0.154. The lowest BCUT2D eigenvalue weighted by Gasteiger charge is -1.94. The Balaban J connectivity index is 2.21. The molecule has 0 unspecified atom stereocenters. The SMILES string of the molecule is CCN=C1NC(=O)/C(=C/c2ccc(C#N)cc2)S1. The molecule has 0 aromatic heterocycles. The van der Waals surface area contributed by atoms with Crippen LogP contribution in [0.5, 0.6) is 0 Å². The lowest BCUT2D eigenvalue weighted by molar-refractivity contribution is -0.115. The van der Waals surface area contributed by atoms with Gasteiger partial charge in [-0.25, -0.2) is 0 Å². The summed E-state index contributed by atoms with van der Waals surface area (Å²) < 4.78 is 0. The second-order valence-corrected chi connectivity index (χ2v) is 4.61. The van der Waals surface area contributed by atoms with Crippen LogP contribution in [0.4, 0.5) is 0 Å². The van der Waals surface area contributed by atoms with Crippen LogP contribution in [-0.2, 0) is 4.79 Å². The van der Waals surface area contributed by atoms with Gasteiger partial charge in [-0.3, -0.25) is 9.79 Å². The molecule has 0 aliphatic carbocycles. The van der Waals surface area contributed by atoms with Crippen molar-refractivity contribution >= 4 is 28.9 Å². The van der Waals surface area contributed by atoms with Gasteiger partial charge in [-0.2, -0.15) is 5.26 Å². The number of hydrogen-bond acceptors (Lipinski definition) is 4. The third-order valence-corrected chi connectivity index (χ3v) is 3.24. The van der Waals surface area contributed by atoms with Crippen LogP contribution in [0.1, 0.15) is 18.1 Å². The molecule has 90 valence electrons. The molecule has 4 nitrogen and oxygen atoms in total. The molecule has 18 heavy (non-hydrogen) atoms. The first-order chi connectivity index (χ1) is 8.72.